The van der Waals surface area contributed by atoms with Crippen LogP contribution in [0.25, 0.3) is 28.0 Å². The van der Waals surface area contributed by atoms with E-state index >= 15 is 0 Å². The Morgan fingerprint density at radius 3 is 2.81 bits per heavy atom. The molecule has 0 bridgehead atoms. The Kier molecular flexibility index (Phi) is 2.57. The predicted octanol–water partition coefficient (Wildman–Crippen LogP) is 3.12. The summed E-state index contributed by atoms with van der Waals surface area (Å²) >= 11 is 0. The maximum atomic E-state index is 4.43. The molecule has 0 aliphatic carbocycles. The number of hydrogen-bond donors (Lipinski definition) is 1. The topological polar surface area (TPSA) is 59.4 Å². The summed E-state index contributed by atoms with van der Waals surface area (Å²) in [5.74, 6) is 0.753. The van der Waals surface area contributed by atoms with Gasteiger partial charge in [-0.15, -0.1) is 0 Å². The van der Waals surface area contributed by atoms with Crippen molar-refractivity contribution in [1.82, 2.24) is 24.7 Å². The molecular formula is C16H13N5. The van der Waals surface area contributed by atoms with E-state index in [0.29, 0.717) is 0 Å². The molecule has 5 nitrogen and oxygen atoms in total. The monoisotopic (exact) mass is 275 g/mol. The van der Waals surface area contributed by atoms with Gasteiger partial charge >= 0.3 is 0 Å². The van der Waals surface area contributed by atoms with Crippen LogP contribution < -0.4 is 0 Å². The van der Waals surface area contributed by atoms with E-state index in [1.807, 2.05) is 18.3 Å². The third kappa shape index (κ3) is 2.08. The minimum Gasteiger partial charge on any atom is -0.354 e. The smallest absolute Gasteiger partial charge is 0.155 e. The lowest BCUT2D eigenvalue weighted by molar-refractivity contribution is 0.845. The second-order valence-electron chi connectivity index (χ2n) is 5.02. The Hall–Kier alpha value is -2.95. The van der Waals surface area contributed by atoms with Crippen LogP contribution in [0.3, 0.4) is 0 Å². The summed E-state index contributed by atoms with van der Waals surface area (Å²) in [4.78, 5) is 11.8. The van der Waals surface area contributed by atoms with Gasteiger partial charge in [-0.25, -0.2) is 14.6 Å². The molecule has 0 amide bonds. The molecule has 3 aromatic heterocycles. The fourth-order valence-corrected chi connectivity index (χ4v) is 2.40. The standard InChI is InChI=1S/C16H13N5/c1-11-2-3-12-7-15(20-14(12)6-11)13-4-5-16(18-8-13)21-10-17-9-19-21/h2-10,20H,1H3. The fourth-order valence-electron chi connectivity index (χ4n) is 2.40. The van der Waals surface area contributed by atoms with Crippen molar-refractivity contribution in [3.05, 3.63) is 60.8 Å². The number of pyridine rings is 1. The molecule has 21 heavy (non-hydrogen) atoms. The zero-order valence-electron chi connectivity index (χ0n) is 11.5. The highest BCUT2D eigenvalue weighted by molar-refractivity contribution is 5.86. The molecule has 0 fully saturated rings. The molecule has 1 aromatic carbocycles. The molecule has 3 heterocycles. The summed E-state index contributed by atoms with van der Waals surface area (Å²) < 4.78 is 1.64. The Balaban J connectivity index is 1.74. The normalized spacial score (nSPS) is 11.1. The first-order valence-electron chi connectivity index (χ1n) is 6.70. The molecule has 4 aromatic rings. The van der Waals surface area contributed by atoms with Crippen molar-refractivity contribution >= 4 is 10.9 Å². The molecule has 1 N–H and O–H groups in total. The van der Waals surface area contributed by atoms with Gasteiger partial charge < -0.3 is 4.98 Å². The molecule has 4 rings (SSSR count). The molecule has 0 atom stereocenters. The SMILES string of the molecule is Cc1ccc2cc(-c3ccc(-n4cncn4)nc3)[nH]c2c1. The van der Waals surface area contributed by atoms with Crippen LogP contribution >= 0.6 is 0 Å². The Morgan fingerprint density at radius 2 is 2.05 bits per heavy atom. The highest BCUT2D eigenvalue weighted by atomic mass is 15.3. The van der Waals surface area contributed by atoms with E-state index in [0.717, 1.165) is 22.6 Å². The fraction of sp³-hybridized carbons (Fsp3) is 0.0625. The maximum absolute atomic E-state index is 4.43. The lowest BCUT2D eigenvalue weighted by Crippen LogP contribution is -1.97. The molecule has 5 heteroatoms. The molecular weight excluding hydrogens is 262 g/mol. The van der Waals surface area contributed by atoms with Crippen LogP contribution in [0.15, 0.2) is 55.2 Å². The summed E-state index contributed by atoms with van der Waals surface area (Å²) in [6, 6.07) is 12.5. The van der Waals surface area contributed by atoms with Crippen LogP contribution in [0.1, 0.15) is 5.56 Å². The van der Waals surface area contributed by atoms with Gasteiger partial charge in [-0.2, -0.15) is 5.10 Å². The van der Waals surface area contributed by atoms with E-state index in [1.54, 1.807) is 11.0 Å². The Labute approximate surface area is 121 Å². The first kappa shape index (κ1) is 11.8. The van der Waals surface area contributed by atoms with Crippen molar-refractivity contribution in [3.63, 3.8) is 0 Å². The number of hydrogen-bond acceptors (Lipinski definition) is 3. The third-order valence-corrected chi connectivity index (χ3v) is 3.49. The average molecular weight is 275 g/mol. The summed E-state index contributed by atoms with van der Waals surface area (Å²) in [6.45, 7) is 2.09. The number of rotatable bonds is 2. The van der Waals surface area contributed by atoms with E-state index < -0.39 is 0 Å². The van der Waals surface area contributed by atoms with Crippen molar-refractivity contribution in [2.24, 2.45) is 0 Å². The summed E-state index contributed by atoms with van der Waals surface area (Å²) in [6.07, 6.45) is 4.97. The van der Waals surface area contributed by atoms with Crippen molar-refractivity contribution in [3.8, 4) is 17.1 Å². The van der Waals surface area contributed by atoms with Gasteiger partial charge in [0.25, 0.3) is 0 Å². The zero-order valence-corrected chi connectivity index (χ0v) is 11.5. The van der Waals surface area contributed by atoms with Gasteiger partial charge in [-0.1, -0.05) is 12.1 Å². The molecule has 0 spiro atoms. The number of nitrogens with zero attached hydrogens (tertiary/aromatic N) is 4. The van der Waals surface area contributed by atoms with E-state index in [-0.39, 0.29) is 0 Å². The third-order valence-electron chi connectivity index (χ3n) is 3.49. The molecule has 0 aliphatic rings. The van der Waals surface area contributed by atoms with Gasteiger partial charge in [0.1, 0.15) is 12.7 Å². The highest BCUT2D eigenvalue weighted by Crippen LogP contribution is 2.24. The second-order valence-corrected chi connectivity index (χ2v) is 5.02. The first-order chi connectivity index (χ1) is 10.3. The number of fused-ring (bicyclic) bond motifs is 1. The molecule has 0 saturated carbocycles. The van der Waals surface area contributed by atoms with Crippen molar-refractivity contribution in [1.29, 1.82) is 0 Å². The van der Waals surface area contributed by atoms with Gasteiger partial charge in [-0.3, -0.25) is 0 Å². The zero-order chi connectivity index (χ0) is 14.2. The van der Waals surface area contributed by atoms with Gasteiger partial charge in [0, 0.05) is 28.4 Å². The molecule has 0 aliphatic heterocycles. The van der Waals surface area contributed by atoms with Crippen LogP contribution in [-0.2, 0) is 0 Å². The Bertz CT molecular complexity index is 888. The van der Waals surface area contributed by atoms with Gasteiger partial charge in [-0.05, 0) is 36.8 Å². The van der Waals surface area contributed by atoms with Gasteiger partial charge in [0.05, 0.1) is 0 Å². The minimum atomic E-state index is 0.753. The number of aromatic nitrogens is 5. The first-order valence-corrected chi connectivity index (χ1v) is 6.70. The molecule has 0 radical (unpaired) electrons. The number of aryl methyl sites for hydroxylation is 1. The maximum Gasteiger partial charge on any atom is 0.155 e. The van der Waals surface area contributed by atoms with Crippen LogP contribution in [0.5, 0.6) is 0 Å². The highest BCUT2D eigenvalue weighted by Gasteiger charge is 2.05. The number of aromatic amines is 1. The Morgan fingerprint density at radius 1 is 1.10 bits per heavy atom. The summed E-state index contributed by atoms with van der Waals surface area (Å²) in [5, 5.41) is 5.27. The van der Waals surface area contributed by atoms with Crippen LogP contribution in [-0.4, -0.2) is 24.7 Å². The van der Waals surface area contributed by atoms with E-state index in [9.17, 15) is 0 Å². The summed E-state index contributed by atoms with van der Waals surface area (Å²) in [5.41, 5.74) is 4.50. The molecule has 0 saturated heterocycles. The number of nitrogens with one attached hydrogen (secondary N) is 1. The number of benzene rings is 1. The lowest BCUT2D eigenvalue weighted by Gasteiger charge is -2.01. The minimum absolute atomic E-state index is 0.753. The average Bonchev–Trinajstić information content (AvgIpc) is 3.16. The van der Waals surface area contributed by atoms with E-state index in [2.05, 4.69) is 51.2 Å². The number of H-pyrrole nitrogens is 1. The lowest BCUT2D eigenvalue weighted by atomic mass is 10.1. The quantitative estimate of drug-likeness (QED) is 0.611. The van der Waals surface area contributed by atoms with Gasteiger partial charge in [0.2, 0.25) is 0 Å². The molecule has 102 valence electrons. The molecule has 0 unspecified atom stereocenters. The van der Waals surface area contributed by atoms with Crippen LogP contribution in [0.2, 0.25) is 0 Å². The second kappa shape index (κ2) is 4.56. The van der Waals surface area contributed by atoms with Crippen LogP contribution in [0.4, 0.5) is 0 Å². The van der Waals surface area contributed by atoms with Gasteiger partial charge in [0.15, 0.2) is 5.82 Å². The predicted molar refractivity (Wildman–Crippen MR) is 81.2 cm³/mol. The van der Waals surface area contributed by atoms with E-state index in [1.165, 1.54) is 17.3 Å². The van der Waals surface area contributed by atoms with Crippen molar-refractivity contribution in [2.75, 3.05) is 0 Å². The summed E-state index contributed by atoms with van der Waals surface area (Å²) in [7, 11) is 0. The van der Waals surface area contributed by atoms with Crippen LogP contribution in [0, 0.1) is 6.92 Å². The van der Waals surface area contributed by atoms with Crippen molar-refractivity contribution in [2.45, 2.75) is 6.92 Å². The largest absolute Gasteiger partial charge is 0.354 e. The van der Waals surface area contributed by atoms with Crippen molar-refractivity contribution < 1.29 is 0 Å². The van der Waals surface area contributed by atoms with E-state index in [4.69, 9.17) is 0 Å².